The third-order valence-corrected chi connectivity index (χ3v) is 6.32. The van der Waals surface area contributed by atoms with Gasteiger partial charge in [0.05, 0.1) is 25.4 Å². The number of hydrogen-bond acceptors (Lipinski definition) is 5. The third kappa shape index (κ3) is 4.33. The maximum Gasteiger partial charge on any atom is 0.223 e. The van der Waals surface area contributed by atoms with Crippen molar-refractivity contribution in [3.05, 3.63) is 41.4 Å². The Hall–Kier alpha value is -1.11. The zero-order valence-corrected chi connectivity index (χ0v) is 16.1. The highest BCUT2D eigenvalue weighted by molar-refractivity contribution is 6.30. The molecule has 1 heterocycles. The van der Waals surface area contributed by atoms with Crippen LogP contribution in [0.5, 0.6) is 5.75 Å². The number of benzene rings is 1. The lowest BCUT2D eigenvalue weighted by Crippen LogP contribution is -2.36. The summed E-state index contributed by atoms with van der Waals surface area (Å²) in [6, 6.07) is 7.23. The second-order valence-electron chi connectivity index (χ2n) is 7.89. The molecule has 2 saturated carbocycles. The van der Waals surface area contributed by atoms with Crippen LogP contribution in [0.3, 0.4) is 0 Å². The number of aliphatic hydroxyl groups is 2. The van der Waals surface area contributed by atoms with Crippen molar-refractivity contribution in [2.45, 2.75) is 43.7 Å². The quantitative estimate of drug-likeness (QED) is 0.751. The lowest BCUT2D eigenvalue weighted by Gasteiger charge is -2.31. The molecule has 3 aliphatic rings. The number of hydrogen-bond donors (Lipinski definition) is 2. The highest BCUT2D eigenvalue weighted by atomic mass is 35.5. The maximum atomic E-state index is 10.5. The van der Waals surface area contributed by atoms with E-state index in [9.17, 15) is 10.2 Å². The summed E-state index contributed by atoms with van der Waals surface area (Å²) in [6.07, 6.45) is 6.66. The Morgan fingerprint density at radius 2 is 2.00 bits per heavy atom. The smallest absolute Gasteiger partial charge is 0.223 e. The molecule has 0 bridgehead atoms. The van der Waals surface area contributed by atoms with Gasteiger partial charge in [-0.2, -0.15) is 0 Å². The van der Waals surface area contributed by atoms with Gasteiger partial charge in [-0.25, -0.2) is 0 Å². The summed E-state index contributed by atoms with van der Waals surface area (Å²) in [5, 5.41) is 21.1. The fourth-order valence-electron chi connectivity index (χ4n) is 4.76. The number of fused-ring (bicyclic) bond motifs is 1. The monoisotopic (exact) mass is 394 g/mol. The summed E-state index contributed by atoms with van der Waals surface area (Å²) in [5.41, 5.74) is 0. The van der Waals surface area contributed by atoms with Gasteiger partial charge in [-0.05, 0) is 61.8 Å². The predicted octanol–water partition coefficient (Wildman–Crippen LogP) is 3.18. The molecular formula is C21H27ClO5. The minimum absolute atomic E-state index is 0.0679. The molecular weight excluding hydrogens is 368 g/mol. The molecule has 2 aliphatic carbocycles. The second-order valence-corrected chi connectivity index (χ2v) is 8.32. The Morgan fingerprint density at radius 3 is 2.78 bits per heavy atom. The van der Waals surface area contributed by atoms with Crippen molar-refractivity contribution in [3.8, 4) is 5.75 Å². The minimum atomic E-state index is -0.936. The van der Waals surface area contributed by atoms with Crippen molar-refractivity contribution in [2.24, 2.45) is 17.8 Å². The van der Waals surface area contributed by atoms with E-state index in [0.717, 1.165) is 25.7 Å². The summed E-state index contributed by atoms with van der Waals surface area (Å²) < 4.78 is 17.6. The summed E-state index contributed by atoms with van der Waals surface area (Å²) in [4.78, 5) is 0. The molecule has 27 heavy (non-hydrogen) atoms. The van der Waals surface area contributed by atoms with Crippen molar-refractivity contribution < 1.29 is 24.4 Å². The predicted molar refractivity (Wildman–Crippen MR) is 102 cm³/mol. The van der Waals surface area contributed by atoms with Crippen LogP contribution in [0.1, 0.15) is 25.7 Å². The van der Waals surface area contributed by atoms with Gasteiger partial charge in [0.15, 0.2) is 0 Å². The Labute approximate surface area is 164 Å². The molecule has 6 heteroatoms. The molecule has 0 aromatic heterocycles. The molecule has 1 aliphatic heterocycles. The van der Waals surface area contributed by atoms with E-state index in [1.54, 1.807) is 12.1 Å². The first-order chi connectivity index (χ1) is 13.0. The fourth-order valence-corrected chi connectivity index (χ4v) is 4.94. The van der Waals surface area contributed by atoms with E-state index in [2.05, 4.69) is 0 Å². The van der Waals surface area contributed by atoms with Crippen molar-refractivity contribution in [2.75, 3.05) is 19.8 Å². The zero-order valence-electron chi connectivity index (χ0n) is 15.3. The van der Waals surface area contributed by atoms with Crippen LogP contribution in [0.15, 0.2) is 36.4 Å². The first-order valence-corrected chi connectivity index (χ1v) is 10.1. The van der Waals surface area contributed by atoms with E-state index in [0.29, 0.717) is 35.8 Å². The van der Waals surface area contributed by atoms with Gasteiger partial charge in [0.25, 0.3) is 0 Å². The molecule has 5 nitrogen and oxygen atoms in total. The highest BCUT2D eigenvalue weighted by Gasteiger charge is 2.44. The van der Waals surface area contributed by atoms with Gasteiger partial charge in [-0.15, -0.1) is 0 Å². The van der Waals surface area contributed by atoms with E-state index in [1.165, 1.54) is 0 Å². The Kier molecular flexibility index (Phi) is 5.76. The first-order valence-electron chi connectivity index (χ1n) is 9.76. The largest absolute Gasteiger partial charge is 0.488 e. The van der Waals surface area contributed by atoms with Gasteiger partial charge < -0.3 is 24.4 Å². The second kappa shape index (κ2) is 8.10. The molecule has 0 radical (unpaired) electrons. The van der Waals surface area contributed by atoms with Gasteiger partial charge >= 0.3 is 0 Å². The summed E-state index contributed by atoms with van der Waals surface area (Å²) in [7, 11) is 0. The van der Waals surface area contributed by atoms with E-state index < -0.39 is 5.79 Å². The van der Waals surface area contributed by atoms with Crippen molar-refractivity contribution in [1.82, 2.24) is 0 Å². The lowest BCUT2D eigenvalue weighted by molar-refractivity contribution is -0.139. The van der Waals surface area contributed by atoms with Crippen LogP contribution in [0.4, 0.5) is 0 Å². The maximum absolute atomic E-state index is 10.5. The molecule has 3 fully saturated rings. The van der Waals surface area contributed by atoms with Crippen LogP contribution < -0.4 is 4.74 Å². The van der Waals surface area contributed by atoms with Crippen LogP contribution in [0.2, 0.25) is 5.02 Å². The SMILES string of the molecule is OC1CC[C@H]2[C@@H](C1)C[C@@H](O)[C@@H]2C=CC1(COc2cccc(Cl)c2)OCCO1. The van der Waals surface area contributed by atoms with E-state index in [4.69, 9.17) is 25.8 Å². The van der Waals surface area contributed by atoms with Crippen LogP contribution >= 0.6 is 11.6 Å². The number of halogens is 1. The van der Waals surface area contributed by atoms with Crippen LogP contribution in [-0.2, 0) is 9.47 Å². The molecule has 1 saturated heterocycles. The van der Waals surface area contributed by atoms with Gasteiger partial charge in [0.2, 0.25) is 5.79 Å². The van der Waals surface area contributed by atoms with Crippen molar-refractivity contribution in [1.29, 1.82) is 0 Å². The lowest BCUT2D eigenvalue weighted by atomic mass is 9.76. The van der Waals surface area contributed by atoms with Crippen molar-refractivity contribution >= 4 is 11.6 Å². The fraction of sp³-hybridized carbons (Fsp3) is 0.619. The first kappa shape index (κ1) is 19.2. The van der Waals surface area contributed by atoms with Gasteiger partial charge in [0, 0.05) is 10.9 Å². The number of aliphatic hydroxyl groups excluding tert-OH is 2. The van der Waals surface area contributed by atoms with Crippen LogP contribution in [0, 0.1) is 17.8 Å². The average Bonchev–Trinajstić information content (AvgIpc) is 3.22. The number of ether oxygens (including phenoxy) is 3. The minimum Gasteiger partial charge on any atom is -0.488 e. The molecule has 1 aromatic rings. The molecule has 1 aromatic carbocycles. The average molecular weight is 395 g/mol. The van der Waals surface area contributed by atoms with E-state index in [1.807, 2.05) is 24.3 Å². The Bertz CT molecular complexity index is 672. The van der Waals surface area contributed by atoms with Gasteiger partial charge in [-0.3, -0.25) is 0 Å². The molecule has 4 rings (SSSR count). The van der Waals surface area contributed by atoms with Gasteiger partial charge in [0.1, 0.15) is 12.4 Å². The van der Waals surface area contributed by atoms with Crippen molar-refractivity contribution in [3.63, 3.8) is 0 Å². The Morgan fingerprint density at radius 1 is 1.19 bits per heavy atom. The summed E-state index contributed by atoms with van der Waals surface area (Å²) in [5.74, 6) is 0.596. The molecule has 0 spiro atoms. The molecule has 0 amide bonds. The van der Waals surface area contributed by atoms with E-state index >= 15 is 0 Å². The molecule has 148 valence electrons. The third-order valence-electron chi connectivity index (χ3n) is 6.08. The summed E-state index contributed by atoms with van der Waals surface area (Å²) in [6.45, 7) is 1.24. The summed E-state index contributed by atoms with van der Waals surface area (Å²) >= 11 is 6.01. The molecule has 2 N–H and O–H groups in total. The zero-order chi connectivity index (χ0) is 18.9. The number of rotatable bonds is 5. The van der Waals surface area contributed by atoms with Crippen LogP contribution in [0.25, 0.3) is 0 Å². The van der Waals surface area contributed by atoms with Crippen LogP contribution in [-0.4, -0.2) is 48.0 Å². The van der Waals surface area contributed by atoms with Gasteiger partial charge in [-0.1, -0.05) is 23.7 Å². The molecule has 5 atom stereocenters. The normalized spacial score (nSPS) is 35.4. The van der Waals surface area contributed by atoms with E-state index in [-0.39, 0.29) is 24.7 Å². The standard InChI is InChI=1S/C21H27ClO5/c22-15-2-1-3-17(12-15)25-13-21(26-8-9-27-21)7-6-19-18-5-4-16(23)10-14(18)11-20(19)24/h1-3,6-7,12,14,16,18-20,23-24H,4-5,8-11,13H2/t14-,16?,18-,19+,20+/m0/s1. The topological polar surface area (TPSA) is 68.2 Å². The molecule has 1 unspecified atom stereocenters. The highest BCUT2D eigenvalue weighted by Crippen LogP contribution is 2.47. The Balaban J connectivity index is 1.44.